The average molecular weight is 393 g/mol. The molecular formula is C15H18F3N3O4S. The van der Waals surface area contributed by atoms with Crippen LogP contribution in [0.4, 0.5) is 18.9 Å². The molecule has 0 aromatic heterocycles. The molecule has 0 aliphatic carbocycles. The quantitative estimate of drug-likeness (QED) is 0.839. The molecule has 1 aliphatic heterocycles. The van der Waals surface area contributed by atoms with E-state index in [1.165, 1.54) is 29.2 Å². The predicted molar refractivity (Wildman–Crippen MR) is 88.1 cm³/mol. The lowest BCUT2D eigenvalue weighted by Gasteiger charge is -2.23. The standard InChI is InChI=1S/C15H18F3N3O4S/c1-26(24,25)19-12-5-3-11(4-6-12)13(22)20-7-2-8-21(10-9-20)14(23)15(16,17)18/h3-6,19H,2,7-10H2,1H3. The van der Waals surface area contributed by atoms with E-state index >= 15 is 0 Å². The Kier molecular flexibility index (Phi) is 5.79. The van der Waals surface area contributed by atoms with Crippen molar-refractivity contribution in [1.29, 1.82) is 0 Å². The second-order valence-electron chi connectivity index (χ2n) is 5.89. The minimum absolute atomic E-state index is 0.00993. The number of hydrogen-bond acceptors (Lipinski definition) is 4. The lowest BCUT2D eigenvalue weighted by Crippen LogP contribution is -2.43. The van der Waals surface area contributed by atoms with Gasteiger partial charge in [0.05, 0.1) is 6.26 Å². The number of rotatable bonds is 3. The van der Waals surface area contributed by atoms with Gasteiger partial charge in [-0.2, -0.15) is 13.2 Å². The van der Waals surface area contributed by atoms with Crippen LogP contribution < -0.4 is 4.72 Å². The number of amides is 2. The summed E-state index contributed by atoms with van der Waals surface area (Å²) in [5.74, 6) is -2.29. The van der Waals surface area contributed by atoms with Crippen LogP contribution in [0.25, 0.3) is 0 Å². The van der Waals surface area contributed by atoms with Gasteiger partial charge in [-0.1, -0.05) is 0 Å². The first kappa shape index (κ1) is 20.0. The largest absolute Gasteiger partial charge is 0.471 e. The Morgan fingerprint density at radius 2 is 1.54 bits per heavy atom. The van der Waals surface area contributed by atoms with Gasteiger partial charge in [-0.25, -0.2) is 8.42 Å². The van der Waals surface area contributed by atoms with Gasteiger partial charge in [-0.05, 0) is 30.7 Å². The average Bonchev–Trinajstić information content (AvgIpc) is 2.77. The third kappa shape index (κ3) is 5.35. The molecule has 7 nitrogen and oxygen atoms in total. The summed E-state index contributed by atoms with van der Waals surface area (Å²) in [4.78, 5) is 25.9. The molecular weight excluding hydrogens is 375 g/mol. The number of hydrogen-bond donors (Lipinski definition) is 1. The molecule has 1 fully saturated rings. The van der Waals surface area contributed by atoms with Crippen molar-refractivity contribution in [3.05, 3.63) is 29.8 Å². The number of carbonyl (C=O) groups excluding carboxylic acids is 2. The van der Waals surface area contributed by atoms with Crippen molar-refractivity contribution in [2.75, 3.05) is 37.2 Å². The summed E-state index contributed by atoms with van der Waals surface area (Å²) in [5.41, 5.74) is 0.571. The van der Waals surface area contributed by atoms with Crippen LogP contribution in [-0.2, 0) is 14.8 Å². The van der Waals surface area contributed by atoms with E-state index in [0.717, 1.165) is 6.26 Å². The van der Waals surface area contributed by atoms with E-state index in [0.29, 0.717) is 10.6 Å². The summed E-state index contributed by atoms with van der Waals surface area (Å²) >= 11 is 0. The Bertz CT molecular complexity index is 778. The number of anilines is 1. The highest BCUT2D eigenvalue weighted by Gasteiger charge is 2.42. The van der Waals surface area contributed by atoms with Crippen molar-refractivity contribution >= 4 is 27.5 Å². The minimum Gasteiger partial charge on any atom is -0.337 e. The highest BCUT2D eigenvalue weighted by Crippen LogP contribution is 2.20. The fourth-order valence-corrected chi connectivity index (χ4v) is 3.14. The maximum atomic E-state index is 12.5. The molecule has 144 valence electrons. The molecule has 1 aliphatic rings. The van der Waals surface area contributed by atoms with Crippen molar-refractivity contribution < 1.29 is 31.2 Å². The summed E-state index contributed by atoms with van der Waals surface area (Å²) in [6.45, 7) is -0.0506. The van der Waals surface area contributed by atoms with Crippen LogP contribution in [0.2, 0.25) is 0 Å². The van der Waals surface area contributed by atoms with E-state index in [-0.39, 0.29) is 38.2 Å². The Labute approximate surface area is 148 Å². The molecule has 26 heavy (non-hydrogen) atoms. The third-order valence-corrected chi connectivity index (χ3v) is 4.35. The summed E-state index contributed by atoms with van der Waals surface area (Å²) in [7, 11) is -3.44. The zero-order chi connectivity index (χ0) is 19.5. The summed E-state index contributed by atoms with van der Waals surface area (Å²) < 4.78 is 62.2. The number of nitrogens with one attached hydrogen (secondary N) is 1. The van der Waals surface area contributed by atoms with Gasteiger partial charge in [0.2, 0.25) is 10.0 Å². The zero-order valence-corrected chi connectivity index (χ0v) is 14.7. The first-order valence-corrected chi connectivity index (χ1v) is 9.60. The lowest BCUT2D eigenvalue weighted by molar-refractivity contribution is -0.185. The Balaban J connectivity index is 2.03. The van der Waals surface area contributed by atoms with E-state index < -0.39 is 28.0 Å². The van der Waals surface area contributed by atoms with Crippen LogP contribution in [0.1, 0.15) is 16.8 Å². The molecule has 1 aromatic rings. The highest BCUT2D eigenvalue weighted by atomic mass is 32.2. The van der Waals surface area contributed by atoms with Crippen molar-refractivity contribution in [3.8, 4) is 0 Å². The molecule has 2 amide bonds. The van der Waals surface area contributed by atoms with Gasteiger partial charge in [0, 0.05) is 37.4 Å². The molecule has 0 unspecified atom stereocenters. The van der Waals surface area contributed by atoms with Crippen molar-refractivity contribution in [2.45, 2.75) is 12.6 Å². The molecule has 0 saturated carbocycles. The number of alkyl halides is 3. The Hall–Kier alpha value is -2.30. The van der Waals surface area contributed by atoms with E-state index in [9.17, 15) is 31.2 Å². The number of sulfonamides is 1. The molecule has 2 rings (SSSR count). The molecule has 0 bridgehead atoms. The number of nitrogens with zero attached hydrogens (tertiary/aromatic N) is 2. The van der Waals surface area contributed by atoms with Crippen LogP contribution in [-0.4, -0.2) is 68.6 Å². The Morgan fingerprint density at radius 3 is 2.08 bits per heavy atom. The van der Waals surface area contributed by atoms with E-state index in [1.807, 2.05) is 0 Å². The first-order valence-electron chi connectivity index (χ1n) is 7.70. The molecule has 1 aromatic carbocycles. The second kappa shape index (κ2) is 7.52. The minimum atomic E-state index is -4.93. The van der Waals surface area contributed by atoms with Crippen molar-refractivity contribution in [2.24, 2.45) is 0 Å². The molecule has 0 radical (unpaired) electrons. The second-order valence-corrected chi connectivity index (χ2v) is 7.64. The van der Waals surface area contributed by atoms with Gasteiger partial charge in [0.15, 0.2) is 0 Å². The van der Waals surface area contributed by atoms with Crippen LogP contribution in [0.15, 0.2) is 24.3 Å². The number of benzene rings is 1. The fourth-order valence-electron chi connectivity index (χ4n) is 2.58. The summed E-state index contributed by atoms with van der Waals surface area (Å²) in [6, 6.07) is 5.70. The van der Waals surface area contributed by atoms with Crippen LogP contribution >= 0.6 is 0 Å². The Morgan fingerprint density at radius 1 is 1.00 bits per heavy atom. The van der Waals surface area contributed by atoms with Crippen molar-refractivity contribution in [1.82, 2.24) is 9.80 Å². The zero-order valence-electron chi connectivity index (χ0n) is 13.9. The van der Waals surface area contributed by atoms with Gasteiger partial charge < -0.3 is 9.80 Å². The highest BCUT2D eigenvalue weighted by molar-refractivity contribution is 7.92. The fraction of sp³-hybridized carbons (Fsp3) is 0.467. The van der Waals surface area contributed by atoms with Gasteiger partial charge in [-0.3, -0.25) is 14.3 Å². The molecule has 11 heteroatoms. The molecule has 1 heterocycles. The maximum absolute atomic E-state index is 12.5. The summed E-state index contributed by atoms with van der Waals surface area (Å²) in [5, 5.41) is 0. The molecule has 0 spiro atoms. The van der Waals surface area contributed by atoms with E-state index in [2.05, 4.69) is 4.72 Å². The van der Waals surface area contributed by atoms with Gasteiger partial charge in [0.1, 0.15) is 0 Å². The van der Waals surface area contributed by atoms with Crippen LogP contribution in [0, 0.1) is 0 Å². The van der Waals surface area contributed by atoms with E-state index in [1.54, 1.807) is 0 Å². The monoisotopic (exact) mass is 393 g/mol. The van der Waals surface area contributed by atoms with Crippen LogP contribution in [0.5, 0.6) is 0 Å². The lowest BCUT2D eigenvalue weighted by atomic mass is 10.2. The SMILES string of the molecule is CS(=O)(=O)Nc1ccc(C(=O)N2CCCN(C(=O)C(F)(F)F)CC2)cc1. The van der Waals surface area contributed by atoms with Crippen LogP contribution in [0.3, 0.4) is 0 Å². The number of carbonyl (C=O) groups is 2. The van der Waals surface area contributed by atoms with E-state index in [4.69, 9.17) is 0 Å². The topological polar surface area (TPSA) is 86.8 Å². The van der Waals surface area contributed by atoms with Gasteiger partial charge in [0.25, 0.3) is 5.91 Å². The van der Waals surface area contributed by atoms with Crippen molar-refractivity contribution in [3.63, 3.8) is 0 Å². The molecule has 1 N–H and O–H groups in total. The van der Waals surface area contributed by atoms with Gasteiger partial charge >= 0.3 is 12.1 Å². The third-order valence-electron chi connectivity index (χ3n) is 3.75. The normalized spacial score (nSPS) is 16.2. The molecule has 0 atom stereocenters. The van der Waals surface area contributed by atoms with Gasteiger partial charge in [-0.15, -0.1) is 0 Å². The first-order chi connectivity index (χ1) is 12.0. The molecule has 1 saturated heterocycles. The smallest absolute Gasteiger partial charge is 0.337 e. The summed E-state index contributed by atoms with van der Waals surface area (Å²) in [6.07, 6.45) is -3.69. The number of halogens is 3. The predicted octanol–water partition coefficient (Wildman–Crippen LogP) is 1.29. The maximum Gasteiger partial charge on any atom is 0.471 e.